The summed E-state index contributed by atoms with van der Waals surface area (Å²) in [7, 11) is 0. The Morgan fingerprint density at radius 2 is 1.88 bits per heavy atom. The predicted octanol–water partition coefficient (Wildman–Crippen LogP) is 4.85. The van der Waals surface area contributed by atoms with Crippen LogP contribution in [0.2, 0.25) is 5.02 Å². The number of esters is 1. The molecule has 2 aromatic carbocycles. The van der Waals surface area contributed by atoms with Crippen molar-refractivity contribution in [2.45, 2.75) is 39.5 Å². The van der Waals surface area contributed by atoms with Gasteiger partial charge in [0.15, 0.2) is 5.76 Å². The number of benzene rings is 2. The molecule has 3 aromatic rings. The number of aliphatic hydroxyl groups is 1. The van der Waals surface area contributed by atoms with Gasteiger partial charge in [-0.15, -0.1) is 15.0 Å². The summed E-state index contributed by atoms with van der Waals surface area (Å²) < 4.78 is 10.8. The number of hydrogen-bond donors (Lipinski definition) is 2. The molecule has 0 aliphatic heterocycles. The average Bonchev–Trinajstić information content (AvgIpc) is 3.15. The second kappa shape index (κ2) is 9.48. The minimum atomic E-state index is -0.772. The van der Waals surface area contributed by atoms with Crippen molar-refractivity contribution in [3.05, 3.63) is 52.8 Å². The first kappa shape index (κ1) is 23.4. The molecule has 32 heavy (non-hydrogen) atoms. The van der Waals surface area contributed by atoms with E-state index in [1.54, 1.807) is 37.3 Å². The highest BCUT2D eigenvalue weighted by Gasteiger charge is 2.24. The normalized spacial score (nSPS) is 12.2. The molecule has 1 heterocycles. The number of aliphatic hydroxyl groups excluding tert-OH is 1. The van der Waals surface area contributed by atoms with Crippen LogP contribution >= 0.6 is 11.6 Å². The van der Waals surface area contributed by atoms with Crippen molar-refractivity contribution < 1.29 is 24.5 Å². The summed E-state index contributed by atoms with van der Waals surface area (Å²) in [6, 6.07) is 8.62. The SMILES string of the molecule is CC=C(O)C(=O)OCCCOc1cc(-n2nc3ccc(Cl)cc3n2)c(O)c(C(C)(C)C)c1. The van der Waals surface area contributed by atoms with Crippen LogP contribution in [-0.2, 0) is 14.9 Å². The van der Waals surface area contributed by atoms with Gasteiger partial charge in [0.25, 0.3) is 0 Å². The number of carbonyl (C=O) groups excluding carboxylic acids is 1. The van der Waals surface area contributed by atoms with Crippen molar-refractivity contribution in [2.75, 3.05) is 13.2 Å². The number of carbonyl (C=O) groups is 1. The van der Waals surface area contributed by atoms with Crippen molar-refractivity contribution in [3.63, 3.8) is 0 Å². The topological polar surface area (TPSA) is 107 Å². The summed E-state index contributed by atoms with van der Waals surface area (Å²) >= 11 is 6.05. The molecule has 0 radical (unpaired) electrons. The van der Waals surface area contributed by atoms with Crippen LogP contribution in [0.3, 0.4) is 0 Å². The number of halogens is 1. The Labute approximate surface area is 191 Å². The molecule has 0 aliphatic rings. The number of ether oxygens (including phenoxy) is 2. The van der Waals surface area contributed by atoms with Gasteiger partial charge in [0.1, 0.15) is 28.2 Å². The summed E-state index contributed by atoms with van der Waals surface area (Å²) in [6.45, 7) is 7.85. The number of phenolic OH excluding ortho intramolecular Hbond substituents is 1. The number of allylic oxidation sites excluding steroid dienone is 1. The maximum atomic E-state index is 11.5. The summed E-state index contributed by atoms with van der Waals surface area (Å²) in [5.41, 5.74) is 1.93. The van der Waals surface area contributed by atoms with Crippen LogP contribution in [0.4, 0.5) is 0 Å². The number of aromatic nitrogens is 3. The molecular formula is C23H26ClN3O5. The number of nitrogens with zero attached hydrogens (tertiary/aromatic N) is 3. The third-order valence-corrected chi connectivity index (χ3v) is 4.94. The van der Waals surface area contributed by atoms with E-state index in [-0.39, 0.29) is 24.4 Å². The predicted molar refractivity (Wildman–Crippen MR) is 122 cm³/mol. The standard InChI is InChI=1S/C23H26ClN3O5/c1-5-20(28)22(30)32-10-6-9-31-15-12-16(23(2,3)4)21(29)19(13-15)27-25-17-8-7-14(24)11-18(17)26-27/h5,7-8,11-13,28-29H,6,9-10H2,1-4H3. The zero-order valence-corrected chi connectivity index (χ0v) is 19.2. The lowest BCUT2D eigenvalue weighted by atomic mass is 9.86. The Kier molecular flexibility index (Phi) is 6.93. The van der Waals surface area contributed by atoms with Gasteiger partial charge in [-0.25, -0.2) is 4.79 Å². The van der Waals surface area contributed by atoms with E-state index in [9.17, 15) is 15.0 Å². The van der Waals surface area contributed by atoms with Crippen LogP contribution in [0, 0.1) is 0 Å². The van der Waals surface area contributed by atoms with Gasteiger partial charge in [-0.3, -0.25) is 0 Å². The zero-order chi connectivity index (χ0) is 23.5. The minimum Gasteiger partial charge on any atom is -0.505 e. The number of phenols is 1. The smallest absolute Gasteiger partial charge is 0.373 e. The van der Waals surface area contributed by atoms with Crippen LogP contribution in [-0.4, -0.2) is 44.4 Å². The summed E-state index contributed by atoms with van der Waals surface area (Å²) in [5, 5.41) is 29.7. The highest BCUT2D eigenvalue weighted by Crippen LogP contribution is 2.38. The first-order valence-corrected chi connectivity index (χ1v) is 10.5. The van der Waals surface area contributed by atoms with E-state index in [4.69, 9.17) is 21.1 Å². The molecule has 0 saturated carbocycles. The maximum absolute atomic E-state index is 11.5. The molecule has 0 fully saturated rings. The van der Waals surface area contributed by atoms with E-state index >= 15 is 0 Å². The van der Waals surface area contributed by atoms with E-state index in [0.717, 1.165) is 0 Å². The molecule has 0 unspecified atom stereocenters. The second-order valence-corrected chi connectivity index (χ2v) is 8.66. The highest BCUT2D eigenvalue weighted by atomic mass is 35.5. The van der Waals surface area contributed by atoms with Crippen LogP contribution < -0.4 is 4.74 Å². The molecule has 8 nitrogen and oxygen atoms in total. The lowest BCUT2D eigenvalue weighted by Crippen LogP contribution is -2.14. The van der Waals surface area contributed by atoms with E-state index < -0.39 is 11.7 Å². The fourth-order valence-corrected chi connectivity index (χ4v) is 3.17. The molecule has 0 amide bonds. The Morgan fingerprint density at radius 1 is 1.16 bits per heavy atom. The molecule has 0 atom stereocenters. The number of aromatic hydroxyl groups is 1. The largest absolute Gasteiger partial charge is 0.505 e. The minimum absolute atomic E-state index is 0.0620. The van der Waals surface area contributed by atoms with Crippen LogP contribution in [0.1, 0.15) is 39.7 Å². The van der Waals surface area contributed by atoms with Gasteiger partial charge in [-0.1, -0.05) is 32.4 Å². The Balaban J connectivity index is 1.83. The lowest BCUT2D eigenvalue weighted by molar-refractivity contribution is -0.142. The van der Waals surface area contributed by atoms with Crippen molar-refractivity contribution in [1.82, 2.24) is 15.0 Å². The van der Waals surface area contributed by atoms with Gasteiger partial charge in [0.2, 0.25) is 0 Å². The summed E-state index contributed by atoms with van der Waals surface area (Å²) in [6.07, 6.45) is 1.69. The number of fused-ring (bicyclic) bond motifs is 1. The van der Waals surface area contributed by atoms with Gasteiger partial charge >= 0.3 is 5.97 Å². The second-order valence-electron chi connectivity index (χ2n) is 8.22. The molecule has 0 spiro atoms. The zero-order valence-electron chi connectivity index (χ0n) is 18.4. The van der Waals surface area contributed by atoms with Crippen molar-refractivity contribution in [3.8, 4) is 17.2 Å². The average molecular weight is 460 g/mol. The molecule has 1 aromatic heterocycles. The molecule has 3 rings (SSSR count). The molecule has 2 N–H and O–H groups in total. The molecule has 0 saturated heterocycles. The van der Waals surface area contributed by atoms with Crippen molar-refractivity contribution in [2.24, 2.45) is 0 Å². The molecule has 9 heteroatoms. The fraction of sp³-hybridized carbons (Fsp3) is 0.348. The van der Waals surface area contributed by atoms with Crippen LogP contribution in [0.15, 0.2) is 42.2 Å². The van der Waals surface area contributed by atoms with Gasteiger partial charge in [-0.05, 0) is 42.7 Å². The Hall–Kier alpha value is -3.26. The van der Waals surface area contributed by atoms with Crippen LogP contribution in [0.25, 0.3) is 16.7 Å². The number of hydrogen-bond acceptors (Lipinski definition) is 7. The molecule has 170 valence electrons. The van der Waals surface area contributed by atoms with E-state index in [1.165, 1.54) is 10.9 Å². The third-order valence-electron chi connectivity index (χ3n) is 4.70. The Bertz CT molecular complexity index is 1160. The maximum Gasteiger partial charge on any atom is 0.373 e. The van der Waals surface area contributed by atoms with Gasteiger partial charge in [0, 0.05) is 23.1 Å². The summed E-state index contributed by atoms with van der Waals surface area (Å²) in [5.74, 6) is -0.618. The molecular weight excluding hydrogens is 434 g/mol. The monoisotopic (exact) mass is 459 g/mol. The Morgan fingerprint density at radius 3 is 2.56 bits per heavy atom. The van der Waals surface area contributed by atoms with Gasteiger partial charge in [-0.2, -0.15) is 0 Å². The van der Waals surface area contributed by atoms with Crippen molar-refractivity contribution >= 4 is 28.6 Å². The highest BCUT2D eigenvalue weighted by molar-refractivity contribution is 6.31. The quantitative estimate of drug-likeness (QED) is 0.225. The van der Waals surface area contributed by atoms with E-state index in [2.05, 4.69) is 10.2 Å². The first-order chi connectivity index (χ1) is 15.1. The van der Waals surface area contributed by atoms with E-state index in [0.29, 0.717) is 39.5 Å². The summed E-state index contributed by atoms with van der Waals surface area (Å²) in [4.78, 5) is 12.8. The van der Waals surface area contributed by atoms with E-state index in [1.807, 2.05) is 20.8 Å². The fourth-order valence-electron chi connectivity index (χ4n) is 3.00. The van der Waals surface area contributed by atoms with Crippen molar-refractivity contribution in [1.29, 1.82) is 0 Å². The van der Waals surface area contributed by atoms with Gasteiger partial charge < -0.3 is 19.7 Å². The first-order valence-electron chi connectivity index (χ1n) is 10.2. The van der Waals surface area contributed by atoms with Crippen LogP contribution in [0.5, 0.6) is 11.5 Å². The number of rotatable bonds is 7. The molecule has 0 bridgehead atoms. The molecule has 0 aliphatic carbocycles. The lowest BCUT2D eigenvalue weighted by Gasteiger charge is -2.23. The van der Waals surface area contributed by atoms with Gasteiger partial charge in [0.05, 0.1) is 13.2 Å². The third kappa shape index (κ3) is 5.31.